The number of rotatable bonds is 4. The normalized spacial score (nSPS) is 13.0. The Hall–Kier alpha value is -1.50. The van der Waals surface area contributed by atoms with Gasteiger partial charge in [0.2, 0.25) is 10.0 Å². The van der Waals surface area contributed by atoms with E-state index >= 15 is 0 Å². The molecule has 20 heavy (non-hydrogen) atoms. The quantitative estimate of drug-likeness (QED) is 0.873. The predicted molar refractivity (Wildman–Crippen MR) is 70.9 cm³/mol. The molecule has 0 amide bonds. The average molecular weight is 365 g/mol. The summed E-state index contributed by atoms with van der Waals surface area (Å²) in [5, 5.41) is 17.5. The van der Waals surface area contributed by atoms with Gasteiger partial charge in [-0.3, -0.25) is 4.79 Å². The summed E-state index contributed by atoms with van der Waals surface area (Å²) in [6, 6.07) is 2.06. The highest BCUT2D eigenvalue weighted by molar-refractivity contribution is 9.10. The van der Waals surface area contributed by atoms with Crippen molar-refractivity contribution >= 4 is 31.9 Å². The number of aliphatic carboxylic acids is 1. The van der Waals surface area contributed by atoms with Crippen molar-refractivity contribution in [3.05, 3.63) is 28.0 Å². The first-order valence-electron chi connectivity index (χ1n) is 5.23. The molecule has 0 bridgehead atoms. The molecule has 108 valence electrons. The number of sulfonamides is 1. The van der Waals surface area contributed by atoms with Crippen LogP contribution < -0.4 is 0 Å². The van der Waals surface area contributed by atoms with E-state index in [0.29, 0.717) is 4.31 Å². The minimum absolute atomic E-state index is 0.0598. The van der Waals surface area contributed by atoms with Gasteiger partial charge in [-0.05, 0) is 35.0 Å². The van der Waals surface area contributed by atoms with Crippen LogP contribution in [0.15, 0.2) is 21.5 Å². The summed E-state index contributed by atoms with van der Waals surface area (Å²) in [7, 11) is -3.28. The van der Waals surface area contributed by atoms with E-state index in [9.17, 15) is 17.6 Å². The molecular formula is C11H10BrFN2O4S. The second-order valence-corrected chi connectivity index (χ2v) is 6.73. The molecule has 0 saturated carbocycles. The van der Waals surface area contributed by atoms with E-state index in [4.69, 9.17) is 10.4 Å². The van der Waals surface area contributed by atoms with Gasteiger partial charge in [-0.25, -0.2) is 12.8 Å². The van der Waals surface area contributed by atoms with Crippen molar-refractivity contribution in [2.45, 2.75) is 17.9 Å². The Morgan fingerprint density at radius 2 is 2.10 bits per heavy atom. The standard InChI is InChI=1S/C11H10BrFN2O4S/c1-6(11(16)17)15(2)20(18,19)10-4-8(12)7(5-14)3-9(10)13/h3-4,6H,1-2H3,(H,16,17). The van der Waals surface area contributed by atoms with Crippen molar-refractivity contribution < 1.29 is 22.7 Å². The van der Waals surface area contributed by atoms with Crippen molar-refractivity contribution in [3.8, 4) is 6.07 Å². The van der Waals surface area contributed by atoms with Gasteiger partial charge in [-0.15, -0.1) is 0 Å². The molecule has 9 heteroatoms. The molecule has 0 aliphatic rings. The number of benzene rings is 1. The van der Waals surface area contributed by atoms with E-state index < -0.39 is 32.7 Å². The Morgan fingerprint density at radius 1 is 1.55 bits per heavy atom. The molecule has 0 heterocycles. The number of likely N-dealkylation sites (N-methyl/N-ethyl adjacent to an activating group) is 1. The fourth-order valence-electron chi connectivity index (χ4n) is 1.33. The van der Waals surface area contributed by atoms with Crippen LogP contribution in [0.1, 0.15) is 12.5 Å². The molecule has 1 unspecified atom stereocenters. The Bertz CT molecular complexity index is 699. The third kappa shape index (κ3) is 2.98. The van der Waals surface area contributed by atoms with Crippen LogP contribution in [0, 0.1) is 17.1 Å². The Morgan fingerprint density at radius 3 is 2.55 bits per heavy atom. The zero-order valence-corrected chi connectivity index (χ0v) is 12.9. The fourth-order valence-corrected chi connectivity index (χ4v) is 3.30. The van der Waals surface area contributed by atoms with Gasteiger partial charge < -0.3 is 5.11 Å². The van der Waals surface area contributed by atoms with E-state index in [2.05, 4.69) is 15.9 Å². The van der Waals surface area contributed by atoms with E-state index in [1.807, 2.05) is 0 Å². The van der Waals surface area contributed by atoms with E-state index in [-0.39, 0.29) is 10.0 Å². The van der Waals surface area contributed by atoms with Crippen LogP contribution >= 0.6 is 15.9 Å². The molecule has 0 radical (unpaired) electrons. The van der Waals surface area contributed by atoms with Crippen LogP contribution in [0.3, 0.4) is 0 Å². The number of hydrogen-bond donors (Lipinski definition) is 1. The minimum Gasteiger partial charge on any atom is -0.480 e. The summed E-state index contributed by atoms with van der Waals surface area (Å²) < 4.78 is 38.8. The third-order valence-corrected chi connectivity index (χ3v) is 5.30. The number of carboxylic acids is 1. The van der Waals surface area contributed by atoms with Gasteiger partial charge in [0.05, 0.1) is 5.56 Å². The van der Waals surface area contributed by atoms with Crippen LogP contribution in [0.25, 0.3) is 0 Å². The molecule has 0 aliphatic heterocycles. The van der Waals surface area contributed by atoms with Gasteiger partial charge in [0.25, 0.3) is 0 Å². The maximum atomic E-state index is 13.8. The Labute approximate surface area is 123 Å². The molecule has 1 aromatic carbocycles. The largest absolute Gasteiger partial charge is 0.480 e. The van der Waals surface area contributed by atoms with Gasteiger partial charge in [-0.1, -0.05) is 0 Å². The van der Waals surface area contributed by atoms with Crippen molar-refractivity contribution in [1.82, 2.24) is 4.31 Å². The lowest BCUT2D eigenvalue weighted by atomic mass is 10.2. The summed E-state index contributed by atoms with van der Waals surface area (Å²) in [6.07, 6.45) is 0. The third-order valence-electron chi connectivity index (χ3n) is 2.70. The molecule has 0 spiro atoms. The Kier molecular flexibility index (Phi) is 4.86. The van der Waals surface area contributed by atoms with Crippen molar-refractivity contribution in [3.63, 3.8) is 0 Å². The molecular weight excluding hydrogens is 355 g/mol. The van der Waals surface area contributed by atoms with Crippen LogP contribution in [-0.2, 0) is 14.8 Å². The van der Waals surface area contributed by atoms with Crippen molar-refractivity contribution in [1.29, 1.82) is 5.26 Å². The van der Waals surface area contributed by atoms with Crippen LogP contribution in [0.2, 0.25) is 0 Å². The monoisotopic (exact) mass is 364 g/mol. The summed E-state index contributed by atoms with van der Waals surface area (Å²) in [5.74, 6) is -2.47. The van der Waals surface area contributed by atoms with Gasteiger partial charge >= 0.3 is 5.97 Å². The zero-order valence-electron chi connectivity index (χ0n) is 10.5. The average Bonchev–Trinajstić information content (AvgIpc) is 2.38. The minimum atomic E-state index is -4.32. The highest BCUT2D eigenvalue weighted by Gasteiger charge is 2.32. The lowest BCUT2D eigenvalue weighted by Gasteiger charge is -2.21. The van der Waals surface area contributed by atoms with Gasteiger partial charge in [0, 0.05) is 11.5 Å². The maximum Gasteiger partial charge on any atom is 0.321 e. The molecule has 0 aromatic heterocycles. The van der Waals surface area contributed by atoms with E-state index in [1.165, 1.54) is 0 Å². The Balaban J connectivity index is 3.41. The SMILES string of the molecule is CC(C(=O)O)N(C)S(=O)(=O)c1cc(Br)c(C#N)cc1F. The molecule has 1 atom stereocenters. The second-order valence-electron chi connectivity index (χ2n) is 3.91. The number of hydrogen-bond acceptors (Lipinski definition) is 4. The molecule has 0 fully saturated rings. The smallest absolute Gasteiger partial charge is 0.321 e. The number of nitrogens with zero attached hydrogens (tertiary/aromatic N) is 2. The molecule has 6 nitrogen and oxygen atoms in total. The fraction of sp³-hybridized carbons (Fsp3) is 0.273. The highest BCUT2D eigenvalue weighted by atomic mass is 79.9. The summed E-state index contributed by atoms with van der Waals surface area (Å²) >= 11 is 2.96. The number of halogens is 2. The molecule has 1 aromatic rings. The van der Waals surface area contributed by atoms with Crippen LogP contribution in [0.4, 0.5) is 4.39 Å². The molecule has 1 rings (SSSR count). The van der Waals surface area contributed by atoms with Gasteiger partial charge in [-0.2, -0.15) is 9.57 Å². The number of carbonyl (C=O) groups is 1. The zero-order chi connectivity index (χ0) is 15.7. The second kappa shape index (κ2) is 5.87. The van der Waals surface area contributed by atoms with Crippen molar-refractivity contribution in [2.24, 2.45) is 0 Å². The first-order chi connectivity index (χ1) is 9.12. The number of nitriles is 1. The van der Waals surface area contributed by atoms with Gasteiger partial charge in [0.1, 0.15) is 22.8 Å². The molecule has 1 N–H and O–H groups in total. The van der Waals surface area contributed by atoms with E-state index in [0.717, 1.165) is 26.1 Å². The molecule has 0 saturated heterocycles. The summed E-state index contributed by atoms with van der Waals surface area (Å²) in [4.78, 5) is 10.1. The van der Waals surface area contributed by atoms with Crippen LogP contribution in [-0.4, -0.2) is 36.9 Å². The highest BCUT2D eigenvalue weighted by Crippen LogP contribution is 2.26. The lowest BCUT2D eigenvalue weighted by Crippen LogP contribution is -2.40. The van der Waals surface area contributed by atoms with Crippen molar-refractivity contribution in [2.75, 3.05) is 7.05 Å². The maximum absolute atomic E-state index is 13.8. The summed E-state index contributed by atoms with van der Waals surface area (Å²) in [5.41, 5.74) is -0.0598. The summed E-state index contributed by atoms with van der Waals surface area (Å²) in [6.45, 7) is 1.16. The first-order valence-corrected chi connectivity index (χ1v) is 7.46. The van der Waals surface area contributed by atoms with Gasteiger partial charge in [0.15, 0.2) is 0 Å². The first kappa shape index (κ1) is 16.6. The van der Waals surface area contributed by atoms with Crippen LogP contribution in [0.5, 0.6) is 0 Å². The lowest BCUT2D eigenvalue weighted by molar-refractivity contribution is -0.140. The number of carboxylic acid groups (broad SMARTS) is 1. The predicted octanol–water partition coefficient (Wildman–Crippen LogP) is 1.55. The topological polar surface area (TPSA) is 98.5 Å². The molecule has 0 aliphatic carbocycles. The van der Waals surface area contributed by atoms with E-state index in [1.54, 1.807) is 6.07 Å².